The first-order valence-corrected chi connectivity index (χ1v) is 11.1. The summed E-state index contributed by atoms with van der Waals surface area (Å²) in [5.74, 6) is 0.549. The fraction of sp³-hybridized carbons (Fsp3) is 0.542. The van der Waals surface area contributed by atoms with Crippen LogP contribution >= 0.6 is 0 Å². The average Bonchev–Trinajstić information content (AvgIpc) is 2.91. The van der Waals surface area contributed by atoms with Crippen LogP contribution in [0.15, 0.2) is 27.4 Å². The number of likely N-dealkylation sites (tertiary alicyclic amines) is 1. The molecule has 2 bridgehead atoms. The minimum absolute atomic E-state index is 0.00566. The maximum absolute atomic E-state index is 13.0. The average molecular weight is 445 g/mol. The van der Waals surface area contributed by atoms with E-state index in [9.17, 15) is 9.59 Å². The first kappa shape index (κ1) is 23.8. The van der Waals surface area contributed by atoms with Crippen molar-refractivity contribution in [2.75, 3.05) is 13.1 Å². The fourth-order valence-corrected chi connectivity index (χ4v) is 4.78. The molecule has 2 unspecified atom stereocenters. The molecule has 2 aromatic rings. The van der Waals surface area contributed by atoms with E-state index in [1.807, 2.05) is 30.9 Å². The lowest BCUT2D eigenvalue weighted by atomic mass is 9.93. The zero-order chi connectivity index (χ0) is 23.6. The third-order valence-corrected chi connectivity index (χ3v) is 6.28. The number of piperidine rings is 1. The van der Waals surface area contributed by atoms with E-state index in [4.69, 9.17) is 24.8 Å². The van der Waals surface area contributed by atoms with Gasteiger partial charge in [-0.2, -0.15) is 0 Å². The largest absolute Gasteiger partial charge is 0.481 e. The van der Waals surface area contributed by atoms with Crippen LogP contribution in [0.1, 0.15) is 44.7 Å². The Bertz CT molecular complexity index is 1040. The Balaban J connectivity index is 0.000000668. The Morgan fingerprint density at radius 2 is 1.84 bits per heavy atom. The number of hydrogen-bond donors (Lipinski definition) is 2. The Hall–Kier alpha value is -2.87. The number of nitrogens with zero attached hydrogens (tertiary/aromatic N) is 1. The van der Waals surface area contributed by atoms with Crippen LogP contribution in [-0.2, 0) is 16.0 Å². The summed E-state index contributed by atoms with van der Waals surface area (Å²) in [5, 5.41) is 8.19. The molecule has 3 N–H and O–H groups in total. The molecule has 4 rings (SSSR count). The van der Waals surface area contributed by atoms with E-state index in [0.717, 1.165) is 36.3 Å². The Morgan fingerprint density at radius 3 is 2.41 bits per heavy atom. The van der Waals surface area contributed by atoms with Crippen LogP contribution < -0.4 is 16.1 Å². The highest BCUT2D eigenvalue weighted by atomic mass is 16.5. The minimum Gasteiger partial charge on any atom is -0.481 e. The maximum Gasteiger partial charge on any atom is 0.336 e. The predicted octanol–water partition coefficient (Wildman–Crippen LogP) is 2.72. The highest BCUT2D eigenvalue weighted by Gasteiger charge is 2.42. The quantitative estimate of drug-likeness (QED) is 0.695. The van der Waals surface area contributed by atoms with Crippen molar-refractivity contribution in [3.8, 4) is 5.75 Å². The number of carbonyl (C=O) groups excluding carboxylic acids is 1. The van der Waals surface area contributed by atoms with Gasteiger partial charge in [0.05, 0.1) is 5.39 Å². The molecule has 1 aliphatic heterocycles. The number of carboxylic acid groups (broad SMARTS) is 1. The van der Waals surface area contributed by atoms with Crippen LogP contribution in [0.5, 0.6) is 5.75 Å². The van der Waals surface area contributed by atoms with E-state index in [1.54, 1.807) is 6.92 Å². The number of ether oxygens (including phenoxy) is 1. The molecule has 4 atom stereocenters. The van der Waals surface area contributed by atoms with E-state index >= 15 is 0 Å². The zero-order valence-corrected chi connectivity index (χ0v) is 19.1. The monoisotopic (exact) mass is 444 g/mol. The number of carbonyl (C=O) groups is 2. The lowest BCUT2D eigenvalue weighted by Gasteiger charge is -2.37. The molecular weight excluding hydrogens is 412 g/mol. The van der Waals surface area contributed by atoms with Crippen LogP contribution in [0.4, 0.5) is 0 Å². The summed E-state index contributed by atoms with van der Waals surface area (Å²) < 4.78 is 11.5. The summed E-state index contributed by atoms with van der Waals surface area (Å²) in [5.41, 5.74) is 8.18. The van der Waals surface area contributed by atoms with Crippen molar-refractivity contribution in [1.82, 2.24) is 4.90 Å². The third kappa shape index (κ3) is 5.12. The molecule has 174 valence electrons. The lowest BCUT2D eigenvalue weighted by Crippen LogP contribution is -2.53. The van der Waals surface area contributed by atoms with Gasteiger partial charge < -0.3 is 24.9 Å². The molecule has 8 heteroatoms. The fourth-order valence-electron chi connectivity index (χ4n) is 4.78. The van der Waals surface area contributed by atoms with Gasteiger partial charge in [-0.3, -0.25) is 9.59 Å². The van der Waals surface area contributed by atoms with Gasteiger partial charge in [-0.05, 0) is 68.2 Å². The molecule has 8 nitrogen and oxygen atoms in total. The van der Waals surface area contributed by atoms with Gasteiger partial charge in [0.15, 0.2) is 6.10 Å². The number of aryl methyl sites for hydroxylation is 2. The number of hydrogen-bond acceptors (Lipinski definition) is 6. The number of fused-ring (bicyclic) bond motifs is 3. The van der Waals surface area contributed by atoms with Crippen LogP contribution in [0, 0.1) is 18.8 Å². The van der Waals surface area contributed by atoms with Crippen LogP contribution in [-0.4, -0.2) is 47.1 Å². The molecule has 2 heterocycles. The number of amides is 1. The number of carboxylic acids is 1. The van der Waals surface area contributed by atoms with Gasteiger partial charge in [-0.25, -0.2) is 4.79 Å². The van der Waals surface area contributed by atoms with Crippen molar-refractivity contribution in [3.63, 3.8) is 0 Å². The topological polar surface area (TPSA) is 123 Å². The number of rotatable bonds is 4. The predicted molar refractivity (Wildman–Crippen MR) is 121 cm³/mol. The van der Waals surface area contributed by atoms with Crippen molar-refractivity contribution in [1.29, 1.82) is 0 Å². The smallest absolute Gasteiger partial charge is 0.336 e. The molecule has 1 aliphatic carbocycles. The summed E-state index contributed by atoms with van der Waals surface area (Å²) >= 11 is 0. The van der Waals surface area contributed by atoms with Gasteiger partial charge in [-0.1, -0.05) is 6.92 Å². The Kier molecular flexibility index (Phi) is 7.23. The van der Waals surface area contributed by atoms with Crippen LogP contribution in [0.2, 0.25) is 0 Å². The van der Waals surface area contributed by atoms with E-state index in [0.29, 0.717) is 42.7 Å². The lowest BCUT2D eigenvalue weighted by molar-refractivity contribution is -0.140. The van der Waals surface area contributed by atoms with Crippen molar-refractivity contribution in [2.45, 2.75) is 59.1 Å². The number of aliphatic carboxylic acids is 1. The van der Waals surface area contributed by atoms with Crippen LogP contribution in [0.3, 0.4) is 0 Å². The molecular formula is C24H32N2O6. The first-order chi connectivity index (χ1) is 15.1. The van der Waals surface area contributed by atoms with Gasteiger partial charge in [0.25, 0.3) is 11.9 Å². The maximum atomic E-state index is 13.0. The van der Waals surface area contributed by atoms with E-state index in [2.05, 4.69) is 0 Å². The molecule has 2 aliphatic rings. The molecule has 1 aromatic heterocycles. The van der Waals surface area contributed by atoms with Crippen molar-refractivity contribution in [3.05, 3.63) is 39.7 Å². The second-order valence-electron chi connectivity index (χ2n) is 8.78. The summed E-state index contributed by atoms with van der Waals surface area (Å²) in [7, 11) is 0. The molecule has 0 spiro atoms. The number of nitrogens with two attached hydrogens (primary N) is 1. The second-order valence-corrected chi connectivity index (χ2v) is 8.78. The highest BCUT2D eigenvalue weighted by Crippen LogP contribution is 2.36. The van der Waals surface area contributed by atoms with Gasteiger partial charge in [-0.15, -0.1) is 0 Å². The van der Waals surface area contributed by atoms with Crippen molar-refractivity contribution < 1.29 is 23.8 Å². The SMILES string of the molecule is CC(=O)O.CCc1cc(=O)oc2cc(C)cc(OC(C)C(=O)N3C[C@H]4CC[C@@H](C3)C4N)c12. The van der Waals surface area contributed by atoms with E-state index in [-0.39, 0.29) is 17.6 Å². The Morgan fingerprint density at radius 1 is 1.25 bits per heavy atom. The normalized spacial score (nSPS) is 22.8. The molecule has 0 radical (unpaired) electrons. The van der Waals surface area contributed by atoms with Gasteiger partial charge >= 0.3 is 5.63 Å². The summed E-state index contributed by atoms with van der Waals surface area (Å²) in [4.78, 5) is 35.8. The summed E-state index contributed by atoms with van der Waals surface area (Å²) in [6.45, 7) is 8.21. The standard InChI is InChI=1S/C22H28N2O4.C2H4O2/c1-4-14-9-19(25)28-18-8-12(2)7-17(20(14)18)27-13(3)22(26)24-10-15-5-6-16(11-24)21(15)23;1-2(3)4/h7-9,13,15-16,21H,4-6,10-11,23H2,1-3H3;1H3,(H,3,4)/t13?,15-,16+,21?;. The second kappa shape index (κ2) is 9.73. The Labute approximate surface area is 187 Å². The van der Waals surface area contributed by atoms with Gasteiger partial charge in [0, 0.05) is 32.1 Å². The van der Waals surface area contributed by atoms with Crippen LogP contribution in [0.25, 0.3) is 11.0 Å². The molecule has 1 amide bonds. The minimum atomic E-state index is -0.833. The molecule has 1 saturated carbocycles. The van der Waals surface area contributed by atoms with Gasteiger partial charge in [0.1, 0.15) is 11.3 Å². The molecule has 2 fully saturated rings. The summed E-state index contributed by atoms with van der Waals surface area (Å²) in [6.07, 6.45) is 2.27. The molecule has 32 heavy (non-hydrogen) atoms. The van der Waals surface area contributed by atoms with Crippen molar-refractivity contribution in [2.24, 2.45) is 17.6 Å². The molecule has 1 aromatic carbocycles. The summed E-state index contributed by atoms with van der Waals surface area (Å²) in [6, 6.07) is 5.46. The van der Waals surface area contributed by atoms with Gasteiger partial charge in [0.2, 0.25) is 0 Å². The molecule has 1 saturated heterocycles. The zero-order valence-electron chi connectivity index (χ0n) is 19.1. The third-order valence-electron chi connectivity index (χ3n) is 6.28. The van der Waals surface area contributed by atoms with E-state index in [1.165, 1.54) is 6.07 Å². The van der Waals surface area contributed by atoms with E-state index < -0.39 is 12.1 Å². The van der Waals surface area contributed by atoms with Crippen molar-refractivity contribution >= 4 is 22.8 Å². The number of benzene rings is 1. The first-order valence-electron chi connectivity index (χ1n) is 11.1. The highest BCUT2D eigenvalue weighted by molar-refractivity contribution is 5.88.